The molecule has 3 aliphatic rings. The van der Waals surface area contributed by atoms with Crippen molar-refractivity contribution in [2.75, 3.05) is 18.8 Å². The van der Waals surface area contributed by atoms with Crippen molar-refractivity contribution in [2.24, 2.45) is 0 Å². The Morgan fingerprint density at radius 3 is 2.56 bits per heavy atom. The highest BCUT2D eigenvalue weighted by Crippen LogP contribution is 2.52. The molecule has 2 aliphatic carbocycles. The van der Waals surface area contributed by atoms with Gasteiger partial charge in [-0.25, -0.2) is 12.7 Å². The van der Waals surface area contributed by atoms with Crippen LogP contribution in [0.3, 0.4) is 0 Å². The van der Waals surface area contributed by atoms with Gasteiger partial charge in [0.05, 0.1) is 5.75 Å². The normalized spacial score (nSPS) is 25.1. The lowest BCUT2D eigenvalue weighted by Crippen LogP contribution is -2.45. The molecule has 1 N–H and O–H groups in total. The minimum absolute atomic E-state index is 0.0256. The summed E-state index contributed by atoms with van der Waals surface area (Å²) in [6.07, 6.45) is 6.65. The zero-order chi connectivity index (χ0) is 19.1. The Bertz CT molecular complexity index is 808. The van der Waals surface area contributed by atoms with Gasteiger partial charge in [-0.1, -0.05) is 24.3 Å². The molecule has 1 aromatic carbocycles. The Balaban J connectivity index is 1.49. The van der Waals surface area contributed by atoms with Gasteiger partial charge in [0.15, 0.2) is 0 Å². The molecule has 1 aliphatic heterocycles. The van der Waals surface area contributed by atoms with Crippen molar-refractivity contribution < 1.29 is 13.2 Å². The molecule has 1 amide bonds. The molecule has 6 heteroatoms. The number of carbonyl (C=O) groups is 1. The summed E-state index contributed by atoms with van der Waals surface area (Å²) >= 11 is 0. The molecular formula is C21H30N2O3S. The maximum atomic E-state index is 12.5. The van der Waals surface area contributed by atoms with Crippen molar-refractivity contribution in [3.63, 3.8) is 0 Å². The Hall–Kier alpha value is -1.40. The van der Waals surface area contributed by atoms with Crippen LogP contribution in [0.4, 0.5) is 0 Å². The van der Waals surface area contributed by atoms with Crippen LogP contribution in [0.15, 0.2) is 24.3 Å². The number of hydrogen-bond acceptors (Lipinski definition) is 3. The van der Waals surface area contributed by atoms with Crippen LogP contribution in [0.1, 0.15) is 68.9 Å². The summed E-state index contributed by atoms with van der Waals surface area (Å²) in [4.78, 5) is 12.5. The number of amides is 1. The average Bonchev–Trinajstić information content (AvgIpc) is 2.92. The summed E-state index contributed by atoms with van der Waals surface area (Å²) in [7, 11) is -3.12. The monoisotopic (exact) mass is 390 g/mol. The maximum absolute atomic E-state index is 12.5. The topological polar surface area (TPSA) is 66.5 Å². The van der Waals surface area contributed by atoms with Crippen molar-refractivity contribution in [3.8, 4) is 0 Å². The van der Waals surface area contributed by atoms with Gasteiger partial charge in [0.1, 0.15) is 0 Å². The summed E-state index contributed by atoms with van der Waals surface area (Å²) in [5.74, 6) is 0.582. The number of benzene rings is 1. The summed E-state index contributed by atoms with van der Waals surface area (Å²) in [5.41, 5.74) is 2.67. The van der Waals surface area contributed by atoms with Crippen LogP contribution in [0, 0.1) is 0 Å². The predicted octanol–water partition coefficient (Wildman–Crippen LogP) is 2.92. The predicted molar refractivity (Wildman–Crippen MR) is 106 cm³/mol. The van der Waals surface area contributed by atoms with Crippen molar-refractivity contribution in [3.05, 3.63) is 35.4 Å². The van der Waals surface area contributed by atoms with Gasteiger partial charge in [-0.05, 0) is 67.9 Å². The van der Waals surface area contributed by atoms with E-state index in [4.69, 9.17) is 0 Å². The largest absolute Gasteiger partial charge is 0.353 e. The molecule has 0 bridgehead atoms. The van der Waals surface area contributed by atoms with Crippen LogP contribution >= 0.6 is 0 Å². The van der Waals surface area contributed by atoms with Crippen LogP contribution in [0.25, 0.3) is 0 Å². The lowest BCUT2D eigenvalue weighted by molar-refractivity contribution is -0.122. The van der Waals surface area contributed by atoms with Crippen LogP contribution < -0.4 is 5.32 Å². The molecule has 2 fully saturated rings. The van der Waals surface area contributed by atoms with Gasteiger partial charge >= 0.3 is 0 Å². The van der Waals surface area contributed by atoms with Crippen LogP contribution in [-0.2, 0) is 20.2 Å². The molecule has 0 unspecified atom stereocenters. The lowest BCUT2D eigenvalue weighted by atomic mass is 9.73. The Morgan fingerprint density at radius 2 is 1.93 bits per heavy atom. The molecule has 1 atom stereocenters. The molecular weight excluding hydrogens is 360 g/mol. The van der Waals surface area contributed by atoms with Gasteiger partial charge in [-0.15, -0.1) is 0 Å². The summed E-state index contributed by atoms with van der Waals surface area (Å²) in [6.45, 7) is 2.89. The number of nitrogens with zero attached hydrogens (tertiary/aromatic N) is 1. The van der Waals surface area contributed by atoms with Gasteiger partial charge in [-0.2, -0.15) is 0 Å². The van der Waals surface area contributed by atoms with Gasteiger partial charge in [0, 0.05) is 25.6 Å². The van der Waals surface area contributed by atoms with E-state index in [0.717, 1.165) is 32.1 Å². The van der Waals surface area contributed by atoms with E-state index in [0.29, 0.717) is 25.6 Å². The van der Waals surface area contributed by atoms with E-state index in [2.05, 4.69) is 29.6 Å². The van der Waals surface area contributed by atoms with E-state index < -0.39 is 10.0 Å². The Morgan fingerprint density at radius 1 is 1.22 bits per heavy atom. The third-order valence-corrected chi connectivity index (χ3v) is 8.83. The van der Waals surface area contributed by atoms with Crippen molar-refractivity contribution in [1.29, 1.82) is 0 Å². The molecule has 1 spiro atoms. The van der Waals surface area contributed by atoms with E-state index >= 15 is 0 Å². The zero-order valence-electron chi connectivity index (χ0n) is 16.1. The van der Waals surface area contributed by atoms with E-state index in [-0.39, 0.29) is 23.0 Å². The first kappa shape index (κ1) is 18.9. The Kier molecular flexibility index (Phi) is 5.06. The van der Waals surface area contributed by atoms with Crippen molar-refractivity contribution in [2.45, 2.75) is 69.2 Å². The highest BCUT2D eigenvalue weighted by Gasteiger charge is 2.46. The summed E-state index contributed by atoms with van der Waals surface area (Å²) in [6, 6.07) is 8.88. The highest BCUT2D eigenvalue weighted by atomic mass is 32.2. The quantitative estimate of drug-likeness (QED) is 0.841. The third-order valence-electron chi connectivity index (χ3n) is 6.95. The van der Waals surface area contributed by atoms with E-state index in [9.17, 15) is 13.2 Å². The maximum Gasteiger partial charge on any atom is 0.220 e. The first-order valence-corrected chi connectivity index (χ1v) is 11.9. The number of sulfonamides is 1. The zero-order valence-corrected chi connectivity index (χ0v) is 16.9. The highest BCUT2D eigenvalue weighted by molar-refractivity contribution is 7.89. The van der Waals surface area contributed by atoms with E-state index in [1.54, 1.807) is 11.2 Å². The second-order valence-electron chi connectivity index (χ2n) is 8.47. The smallest absolute Gasteiger partial charge is 0.220 e. The number of rotatable bonds is 5. The molecule has 27 heavy (non-hydrogen) atoms. The number of piperidine rings is 1. The van der Waals surface area contributed by atoms with Crippen LogP contribution in [0.2, 0.25) is 0 Å². The molecule has 0 radical (unpaired) electrons. The fourth-order valence-corrected chi connectivity index (χ4v) is 6.23. The number of hydrogen-bond donors (Lipinski definition) is 1. The average molecular weight is 391 g/mol. The molecule has 1 saturated carbocycles. The Labute approximate surface area is 162 Å². The van der Waals surface area contributed by atoms with E-state index in [1.807, 2.05) is 0 Å². The van der Waals surface area contributed by atoms with Crippen LogP contribution in [0.5, 0.6) is 0 Å². The molecule has 4 rings (SSSR count). The second-order valence-corrected chi connectivity index (χ2v) is 10.7. The molecule has 5 nitrogen and oxygen atoms in total. The van der Waals surface area contributed by atoms with E-state index in [1.165, 1.54) is 17.5 Å². The van der Waals surface area contributed by atoms with Crippen molar-refractivity contribution >= 4 is 15.9 Å². The molecule has 1 saturated heterocycles. The molecule has 1 aromatic rings. The van der Waals surface area contributed by atoms with Crippen molar-refractivity contribution in [1.82, 2.24) is 9.62 Å². The summed E-state index contributed by atoms with van der Waals surface area (Å²) in [5, 5.41) is 3.17. The standard InChI is InChI=1S/C21H30N2O3S/c1-2-27(25,26)23-12-10-21(11-13-23)15-16(18-8-3-4-9-19(18)21)14-20(24)22-17-6-5-7-17/h3-4,8-9,16-17H,2,5-7,10-15H2,1H3,(H,22,24)/t16-/m1/s1. The first-order chi connectivity index (χ1) is 12.9. The van der Waals surface area contributed by atoms with Gasteiger partial charge in [0.2, 0.25) is 15.9 Å². The van der Waals surface area contributed by atoms with Gasteiger partial charge in [-0.3, -0.25) is 4.79 Å². The second kappa shape index (κ2) is 7.21. The fourth-order valence-electron chi connectivity index (χ4n) is 5.12. The number of fused-ring (bicyclic) bond motifs is 2. The third kappa shape index (κ3) is 3.54. The van der Waals surface area contributed by atoms with Gasteiger partial charge in [0.25, 0.3) is 0 Å². The molecule has 0 aromatic heterocycles. The molecule has 148 valence electrons. The number of carbonyl (C=O) groups excluding carboxylic acids is 1. The first-order valence-electron chi connectivity index (χ1n) is 10.3. The SMILES string of the molecule is CCS(=O)(=O)N1CCC2(CC1)C[C@@H](CC(=O)NC1CCC1)c1ccccc12. The fraction of sp³-hybridized carbons (Fsp3) is 0.667. The number of nitrogens with one attached hydrogen (secondary N) is 1. The summed E-state index contributed by atoms with van der Waals surface area (Å²) < 4.78 is 26.1. The minimum atomic E-state index is -3.12. The minimum Gasteiger partial charge on any atom is -0.353 e. The van der Waals surface area contributed by atoms with Crippen LogP contribution in [-0.4, -0.2) is 43.5 Å². The molecule has 1 heterocycles. The van der Waals surface area contributed by atoms with Gasteiger partial charge < -0.3 is 5.32 Å². The lowest BCUT2D eigenvalue weighted by Gasteiger charge is -2.39.